The van der Waals surface area contributed by atoms with E-state index in [0.717, 1.165) is 19.0 Å². The van der Waals surface area contributed by atoms with E-state index in [-0.39, 0.29) is 63.2 Å². The predicted octanol–water partition coefficient (Wildman–Crippen LogP) is 3.87. The summed E-state index contributed by atoms with van der Waals surface area (Å²) in [5.41, 5.74) is 0. The number of carbonyl (C=O) groups excluding carboxylic acids is 2. The van der Waals surface area contributed by atoms with Crippen LogP contribution in [0.2, 0.25) is 0 Å². The van der Waals surface area contributed by atoms with Crippen LogP contribution in [0, 0.1) is 41.7 Å². The van der Waals surface area contributed by atoms with E-state index < -0.39 is 0 Å². The SMILES string of the molecule is [CH2-]C.[CH2-]C.[CH2-]CC.[CH2-]CC=O.[CH2-]CC=O.[CH2-]O.[W+2].[W+2].[W+2]. The van der Waals surface area contributed by atoms with Crippen LogP contribution >= 0.6 is 0 Å². The number of aliphatic hydroxyl groups excluding tert-OH is 1. The van der Waals surface area contributed by atoms with Crippen molar-refractivity contribution in [2.45, 2.75) is 40.0 Å². The zero-order valence-corrected chi connectivity index (χ0v) is 21.8. The molecule has 0 aliphatic carbocycles. The molecule has 122 valence electrons. The topological polar surface area (TPSA) is 54.4 Å². The van der Waals surface area contributed by atoms with Gasteiger partial charge < -0.3 is 49.3 Å². The van der Waals surface area contributed by atoms with Gasteiger partial charge in [0.25, 0.3) is 0 Å². The second kappa shape index (κ2) is 189. The molecule has 0 radical (unpaired) electrons. The first kappa shape index (κ1) is 58.0. The quantitative estimate of drug-likeness (QED) is 0.342. The van der Waals surface area contributed by atoms with Crippen molar-refractivity contribution in [3.8, 4) is 0 Å². The Hall–Kier alpha value is 1.36. The second-order valence-corrected chi connectivity index (χ2v) is 1.41. The fraction of sp³-hybridized carbons (Fsp3) is 0.429. The minimum absolute atomic E-state index is 0. The number of aliphatic hydroxyl groups is 1. The van der Waals surface area contributed by atoms with E-state index in [2.05, 4.69) is 41.7 Å². The third kappa shape index (κ3) is 577. The molecule has 0 aromatic rings. The maximum atomic E-state index is 9.11. The molecule has 0 rings (SSSR count). The molecule has 6 heteroatoms. The van der Waals surface area contributed by atoms with Crippen molar-refractivity contribution < 1.29 is 77.9 Å². The molecule has 0 unspecified atom stereocenters. The summed E-state index contributed by atoms with van der Waals surface area (Å²) in [4.78, 5) is 18.2. The first-order valence-electron chi connectivity index (χ1n) is 5.23. The number of hydrogen-bond acceptors (Lipinski definition) is 3. The summed E-state index contributed by atoms with van der Waals surface area (Å²) in [6.07, 6.45) is 3.31. The first-order valence-corrected chi connectivity index (χ1v) is 5.23. The molecule has 0 spiro atoms. The van der Waals surface area contributed by atoms with E-state index in [1.165, 1.54) is 0 Å². The van der Waals surface area contributed by atoms with Gasteiger partial charge in [0.1, 0.15) is 0 Å². The Balaban J connectivity index is -0.0000000104. The summed E-state index contributed by atoms with van der Waals surface area (Å²) in [6.45, 7) is 22.0. The van der Waals surface area contributed by atoms with Crippen molar-refractivity contribution in [2.24, 2.45) is 0 Å². The van der Waals surface area contributed by atoms with E-state index >= 15 is 0 Å². The van der Waals surface area contributed by atoms with Gasteiger partial charge in [-0.05, 0) is 0 Å². The second-order valence-electron chi connectivity index (χ2n) is 1.41. The summed E-state index contributed by atoms with van der Waals surface area (Å²) in [6, 6.07) is 0. The maximum absolute atomic E-state index is 9.11. The molecule has 0 atom stereocenters. The molecule has 0 aliphatic heterocycles. The number of carbonyl (C=O) groups is 2. The fourth-order valence-corrected chi connectivity index (χ4v) is 0. The summed E-state index contributed by atoms with van der Waals surface area (Å²) in [5.74, 6) is 0. The Labute approximate surface area is 171 Å². The third-order valence-electron chi connectivity index (χ3n) is 0.236. The van der Waals surface area contributed by atoms with Crippen LogP contribution < -0.4 is 0 Å². The summed E-state index contributed by atoms with van der Waals surface area (Å²) >= 11 is 0. The van der Waals surface area contributed by atoms with Crippen molar-refractivity contribution >= 4 is 12.6 Å². The largest absolute Gasteiger partial charge is 2.00 e. The molecule has 0 saturated heterocycles. The van der Waals surface area contributed by atoms with Crippen molar-refractivity contribution in [2.75, 3.05) is 0 Å². The van der Waals surface area contributed by atoms with Crippen molar-refractivity contribution in [1.82, 2.24) is 0 Å². The van der Waals surface area contributed by atoms with Crippen LogP contribution in [-0.4, -0.2) is 17.7 Å². The Morgan fingerprint density at radius 3 is 0.800 bits per heavy atom. The third-order valence-corrected chi connectivity index (χ3v) is 0.236. The molecule has 0 aliphatic rings. The monoisotopic (exact) mass is 798 g/mol. The molecule has 20 heavy (non-hydrogen) atoms. The molecule has 0 heterocycles. The molecule has 0 aromatic carbocycles. The van der Waals surface area contributed by atoms with Crippen LogP contribution in [0.1, 0.15) is 40.0 Å². The first-order chi connectivity index (χ1) is 8.24. The van der Waals surface area contributed by atoms with Crippen molar-refractivity contribution in [3.63, 3.8) is 0 Å². The average molecular weight is 798 g/mol. The zero-order valence-electron chi connectivity index (χ0n) is 13.0. The fourth-order valence-electron chi connectivity index (χ4n) is 0. The van der Waals surface area contributed by atoms with Gasteiger partial charge in [-0.1, -0.05) is 6.92 Å². The van der Waals surface area contributed by atoms with E-state index in [9.17, 15) is 0 Å². The average Bonchev–Trinajstić information content (AvgIpc) is 2.46. The Kier molecular flexibility index (Phi) is 546. The predicted molar refractivity (Wildman–Crippen MR) is 77.1 cm³/mol. The normalized spacial score (nSPS) is 4.30. The van der Waals surface area contributed by atoms with Gasteiger partial charge in [-0.3, -0.25) is 0 Å². The molecule has 0 fully saturated rings. The van der Waals surface area contributed by atoms with Crippen molar-refractivity contribution in [1.29, 1.82) is 0 Å². The van der Waals surface area contributed by atoms with Gasteiger partial charge >= 0.3 is 63.2 Å². The summed E-state index contributed by atoms with van der Waals surface area (Å²) < 4.78 is 0. The maximum Gasteiger partial charge on any atom is 2.00 e. The molecular formula is C14H30O3W3. The van der Waals surface area contributed by atoms with Gasteiger partial charge in [0.2, 0.25) is 0 Å². The van der Waals surface area contributed by atoms with E-state index in [0.29, 0.717) is 12.8 Å². The Bertz CT molecular complexity index is 68.7. The van der Waals surface area contributed by atoms with Crippen LogP contribution in [0.3, 0.4) is 0 Å². The smallest absolute Gasteiger partial charge is 0.569 e. The van der Waals surface area contributed by atoms with Gasteiger partial charge in [-0.2, -0.15) is 20.3 Å². The number of aldehydes is 2. The van der Waals surface area contributed by atoms with Gasteiger partial charge in [-0.15, -0.1) is 12.8 Å². The van der Waals surface area contributed by atoms with E-state index in [1.807, 2.05) is 6.92 Å². The van der Waals surface area contributed by atoms with E-state index in [4.69, 9.17) is 14.7 Å². The summed E-state index contributed by atoms with van der Waals surface area (Å²) in [5, 5.41) is 6.75. The molecule has 1 N–H and O–H groups in total. The molecule has 0 saturated carbocycles. The molecule has 0 amide bonds. The Morgan fingerprint density at radius 2 is 0.800 bits per heavy atom. The minimum Gasteiger partial charge on any atom is -0.569 e. The minimum atomic E-state index is 0. The van der Waals surface area contributed by atoms with Gasteiger partial charge in [-0.25, -0.2) is 7.11 Å². The number of rotatable bonds is 2. The molecule has 3 nitrogen and oxygen atoms in total. The molecule has 0 aromatic heterocycles. The summed E-state index contributed by atoms with van der Waals surface area (Å²) in [7, 11) is 2.25. The standard InChI is InChI=1S/2C3H5O.C3H7.2C2H5.CH3O.3W/c2*1-2-3-4;1-3-2;3*1-2;;;/h2*3H,1-2H2;1,3H2,2H3;2*1H2,2H3;2H,1H2;;;/q6*-1;3*+2. The van der Waals surface area contributed by atoms with Gasteiger partial charge in [0, 0.05) is 0 Å². The van der Waals surface area contributed by atoms with Gasteiger partial charge in [0.05, 0.1) is 12.6 Å². The van der Waals surface area contributed by atoms with Crippen LogP contribution in [0.15, 0.2) is 0 Å². The molecular weight excluding hydrogens is 768 g/mol. The van der Waals surface area contributed by atoms with Crippen LogP contribution in [-0.2, 0) is 72.8 Å². The van der Waals surface area contributed by atoms with E-state index in [1.54, 1.807) is 13.8 Å². The Morgan fingerprint density at radius 1 is 0.750 bits per heavy atom. The van der Waals surface area contributed by atoms with Crippen molar-refractivity contribution in [3.05, 3.63) is 41.7 Å². The van der Waals surface area contributed by atoms with Gasteiger partial charge in [0.15, 0.2) is 0 Å². The zero-order chi connectivity index (χ0) is 15.5. The van der Waals surface area contributed by atoms with Crippen LogP contribution in [0.4, 0.5) is 0 Å². The van der Waals surface area contributed by atoms with Crippen LogP contribution in [0.25, 0.3) is 0 Å². The number of hydrogen-bond donors (Lipinski definition) is 1. The molecule has 0 bridgehead atoms. The van der Waals surface area contributed by atoms with Crippen LogP contribution in [0.5, 0.6) is 0 Å².